The number of aliphatic hydroxyl groups is 1. The van der Waals surface area contributed by atoms with Crippen LogP contribution in [0.15, 0.2) is 36.7 Å². The normalized spacial score (nSPS) is 10.5. The number of aryl methyl sites for hydroxylation is 1. The highest BCUT2D eigenvalue weighted by atomic mass is 16.3. The molecule has 0 saturated heterocycles. The summed E-state index contributed by atoms with van der Waals surface area (Å²) in [5.41, 5.74) is 3.33. The Morgan fingerprint density at radius 1 is 1.33 bits per heavy atom. The summed E-state index contributed by atoms with van der Waals surface area (Å²) >= 11 is 0. The Balaban J connectivity index is 2.14. The van der Waals surface area contributed by atoms with Crippen LogP contribution >= 0.6 is 0 Å². The molecule has 78 valence electrons. The smallest absolute Gasteiger partial charge is 0.0712 e. The molecule has 0 amide bonds. The van der Waals surface area contributed by atoms with Crippen molar-refractivity contribution in [1.29, 1.82) is 0 Å². The van der Waals surface area contributed by atoms with E-state index in [-0.39, 0.29) is 6.61 Å². The maximum atomic E-state index is 8.91. The van der Waals surface area contributed by atoms with Gasteiger partial charge < -0.3 is 5.11 Å². The molecule has 3 nitrogen and oxygen atoms in total. The second kappa shape index (κ2) is 4.28. The summed E-state index contributed by atoms with van der Waals surface area (Å²) in [5.74, 6) is 0. The fourth-order valence-electron chi connectivity index (χ4n) is 1.57. The van der Waals surface area contributed by atoms with E-state index in [0.717, 1.165) is 12.1 Å². The molecule has 0 spiro atoms. The monoisotopic (exact) mass is 202 g/mol. The molecule has 1 heterocycles. The molecule has 3 heteroatoms. The van der Waals surface area contributed by atoms with E-state index in [1.54, 1.807) is 6.20 Å². The largest absolute Gasteiger partial charge is 0.392 e. The van der Waals surface area contributed by atoms with Crippen LogP contribution in [-0.2, 0) is 13.2 Å². The van der Waals surface area contributed by atoms with Gasteiger partial charge in [0.1, 0.15) is 0 Å². The van der Waals surface area contributed by atoms with Crippen LogP contribution in [0.25, 0.3) is 0 Å². The predicted molar refractivity (Wildman–Crippen MR) is 58.4 cm³/mol. The minimum atomic E-state index is 0.0494. The first-order valence-electron chi connectivity index (χ1n) is 4.95. The minimum absolute atomic E-state index is 0.0494. The number of benzene rings is 1. The molecule has 0 bridgehead atoms. The van der Waals surface area contributed by atoms with E-state index in [1.807, 2.05) is 16.9 Å². The first-order valence-corrected chi connectivity index (χ1v) is 4.95. The standard InChI is InChI=1S/C12H14N2O/c1-10-3-2-4-11(5-10)7-14-8-12(9-15)6-13-14/h2-6,8,15H,7,9H2,1H3. The van der Waals surface area contributed by atoms with E-state index >= 15 is 0 Å². The number of nitrogens with zero attached hydrogens (tertiary/aromatic N) is 2. The third-order valence-corrected chi connectivity index (χ3v) is 2.30. The molecule has 1 N–H and O–H groups in total. The van der Waals surface area contributed by atoms with Crippen molar-refractivity contribution in [3.63, 3.8) is 0 Å². The molecule has 2 aromatic rings. The van der Waals surface area contributed by atoms with Gasteiger partial charge in [-0.25, -0.2) is 0 Å². The highest BCUT2D eigenvalue weighted by Gasteiger charge is 1.98. The predicted octanol–water partition coefficient (Wildman–Crippen LogP) is 1.73. The summed E-state index contributed by atoms with van der Waals surface area (Å²) in [7, 11) is 0. The number of rotatable bonds is 3. The lowest BCUT2D eigenvalue weighted by Crippen LogP contribution is -1.99. The lowest BCUT2D eigenvalue weighted by molar-refractivity contribution is 0.281. The zero-order valence-corrected chi connectivity index (χ0v) is 8.72. The summed E-state index contributed by atoms with van der Waals surface area (Å²) in [5, 5.41) is 13.1. The highest BCUT2D eigenvalue weighted by molar-refractivity contribution is 5.22. The third-order valence-electron chi connectivity index (χ3n) is 2.30. The summed E-state index contributed by atoms with van der Waals surface area (Å²) in [4.78, 5) is 0. The van der Waals surface area contributed by atoms with Crippen LogP contribution in [0.1, 0.15) is 16.7 Å². The van der Waals surface area contributed by atoms with Crippen molar-refractivity contribution in [3.8, 4) is 0 Å². The molecule has 15 heavy (non-hydrogen) atoms. The minimum Gasteiger partial charge on any atom is -0.392 e. The highest BCUT2D eigenvalue weighted by Crippen LogP contribution is 2.06. The molecular formula is C12H14N2O. The Kier molecular flexibility index (Phi) is 2.83. The Morgan fingerprint density at radius 2 is 2.20 bits per heavy atom. The molecule has 0 aliphatic heterocycles. The number of aliphatic hydroxyl groups excluding tert-OH is 1. The first-order chi connectivity index (χ1) is 7.28. The van der Waals surface area contributed by atoms with E-state index in [0.29, 0.717) is 0 Å². The van der Waals surface area contributed by atoms with Crippen molar-refractivity contribution < 1.29 is 5.11 Å². The molecule has 1 aromatic carbocycles. The van der Waals surface area contributed by atoms with Crippen LogP contribution in [0.3, 0.4) is 0 Å². The first kappa shape index (κ1) is 9.93. The zero-order valence-electron chi connectivity index (χ0n) is 8.72. The Bertz CT molecular complexity index is 448. The lowest BCUT2D eigenvalue weighted by Gasteiger charge is -2.02. The lowest BCUT2D eigenvalue weighted by atomic mass is 10.1. The Morgan fingerprint density at radius 3 is 2.87 bits per heavy atom. The van der Waals surface area contributed by atoms with Gasteiger partial charge in [-0.3, -0.25) is 4.68 Å². The van der Waals surface area contributed by atoms with Crippen LogP contribution < -0.4 is 0 Å². The molecule has 0 unspecified atom stereocenters. The second-order valence-corrected chi connectivity index (χ2v) is 3.69. The summed E-state index contributed by atoms with van der Waals surface area (Å²) in [6.45, 7) is 2.88. The van der Waals surface area contributed by atoms with E-state index < -0.39 is 0 Å². The van der Waals surface area contributed by atoms with E-state index in [9.17, 15) is 0 Å². The Hall–Kier alpha value is -1.61. The van der Waals surface area contributed by atoms with Crippen LogP contribution in [-0.4, -0.2) is 14.9 Å². The van der Waals surface area contributed by atoms with Crippen molar-refractivity contribution in [3.05, 3.63) is 53.3 Å². The molecule has 1 aromatic heterocycles. The Labute approximate surface area is 89.0 Å². The summed E-state index contributed by atoms with van der Waals surface area (Å²) < 4.78 is 1.83. The molecule has 0 atom stereocenters. The number of hydrogen-bond donors (Lipinski definition) is 1. The van der Waals surface area contributed by atoms with Crippen LogP contribution in [0.4, 0.5) is 0 Å². The maximum absolute atomic E-state index is 8.91. The van der Waals surface area contributed by atoms with Gasteiger partial charge in [0.15, 0.2) is 0 Å². The molecule has 2 rings (SSSR count). The van der Waals surface area contributed by atoms with Gasteiger partial charge in [0.25, 0.3) is 0 Å². The van der Waals surface area contributed by atoms with Crippen molar-refractivity contribution in [2.75, 3.05) is 0 Å². The van der Waals surface area contributed by atoms with Crippen molar-refractivity contribution in [1.82, 2.24) is 9.78 Å². The quantitative estimate of drug-likeness (QED) is 0.823. The van der Waals surface area contributed by atoms with Crippen molar-refractivity contribution >= 4 is 0 Å². The van der Waals surface area contributed by atoms with Gasteiger partial charge >= 0.3 is 0 Å². The average Bonchev–Trinajstić information content (AvgIpc) is 2.65. The average molecular weight is 202 g/mol. The molecule has 0 radical (unpaired) electrons. The van der Waals surface area contributed by atoms with Gasteiger partial charge in [-0.05, 0) is 12.5 Å². The molecule has 0 aliphatic carbocycles. The van der Waals surface area contributed by atoms with Crippen LogP contribution in [0, 0.1) is 6.92 Å². The summed E-state index contributed by atoms with van der Waals surface area (Å²) in [6.07, 6.45) is 3.55. The van der Waals surface area contributed by atoms with Crippen LogP contribution in [0.2, 0.25) is 0 Å². The molecular weight excluding hydrogens is 188 g/mol. The van der Waals surface area contributed by atoms with E-state index in [4.69, 9.17) is 5.11 Å². The van der Waals surface area contributed by atoms with Crippen molar-refractivity contribution in [2.45, 2.75) is 20.1 Å². The van der Waals surface area contributed by atoms with E-state index in [1.165, 1.54) is 11.1 Å². The number of aromatic nitrogens is 2. The fourth-order valence-corrected chi connectivity index (χ4v) is 1.57. The van der Waals surface area contributed by atoms with Gasteiger partial charge in [-0.1, -0.05) is 29.8 Å². The van der Waals surface area contributed by atoms with E-state index in [2.05, 4.69) is 30.2 Å². The van der Waals surface area contributed by atoms with Crippen LogP contribution in [0.5, 0.6) is 0 Å². The third kappa shape index (κ3) is 2.44. The number of hydrogen-bond acceptors (Lipinski definition) is 2. The second-order valence-electron chi connectivity index (χ2n) is 3.69. The topological polar surface area (TPSA) is 38.0 Å². The van der Waals surface area contributed by atoms with Gasteiger partial charge in [-0.15, -0.1) is 0 Å². The van der Waals surface area contributed by atoms with Gasteiger partial charge in [-0.2, -0.15) is 5.10 Å². The zero-order chi connectivity index (χ0) is 10.7. The SMILES string of the molecule is Cc1cccc(Cn2cc(CO)cn2)c1. The maximum Gasteiger partial charge on any atom is 0.0712 e. The molecule has 0 saturated carbocycles. The summed E-state index contributed by atoms with van der Waals surface area (Å²) in [6, 6.07) is 8.33. The fraction of sp³-hybridized carbons (Fsp3) is 0.250. The van der Waals surface area contributed by atoms with Gasteiger partial charge in [0.2, 0.25) is 0 Å². The van der Waals surface area contributed by atoms with Gasteiger partial charge in [0, 0.05) is 11.8 Å². The van der Waals surface area contributed by atoms with Gasteiger partial charge in [0.05, 0.1) is 19.3 Å². The molecule has 0 aliphatic rings. The van der Waals surface area contributed by atoms with Crippen molar-refractivity contribution in [2.24, 2.45) is 0 Å². The molecule has 0 fully saturated rings.